The second-order valence-electron chi connectivity index (χ2n) is 3.81. The maximum atomic E-state index is 10.9. The molecule has 0 radical (unpaired) electrons. The van der Waals surface area contributed by atoms with Crippen LogP contribution in [0.15, 0.2) is 24.3 Å². The molecule has 0 aromatic heterocycles. The molecule has 4 nitrogen and oxygen atoms in total. The zero-order chi connectivity index (χ0) is 11.8. The van der Waals surface area contributed by atoms with Crippen LogP contribution in [-0.2, 0) is 15.1 Å². The van der Waals surface area contributed by atoms with E-state index in [9.17, 15) is 4.79 Å². The van der Waals surface area contributed by atoms with E-state index >= 15 is 0 Å². The maximum Gasteiger partial charge on any atom is 0.336 e. The minimum atomic E-state index is -0.905. The summed E-state index contributed by atoms with van der Waals surface area (Å²) in [5.74, 6) is -0.153. The zero-order valence-electron chi connectivity index (χ0n) is 9.27. The highest BCUT2D eigenvalue weighted by Gasteiger charge is 2.60. The molecule has 0 bridgehead atoms. The second kappa shape index (κ2) is 3.79. The number of benzene rings is 1. The van der Waals surface area contributed by atoms with E-state index in [-0.39, 0.29) is 0 Å². The van der Waals surface area contributed by atoms with Crippen LogP contribution in [0.3, 0.4) is 0 Å². The standard InChI is InChI=1S/C12H14O4/c1-3-12(10(16-12)11(13)14)8-4-6-9(15-2)7-5-8/h4-7,10H,3H2,1-2H3,(H,13,14). The Morgan fingerprint density at radius 1 is 1.50 bits per heavy atom. The van der Waals surface area contributed by atoms with Crippen molar-refractivity contribution in [1.29, 1.82) is 0 Å². The Bertz CT molecular complexity index is 398. The van der Waals surface area contributed by atoms with Gasteiger partial charge >= 0.3 is 5.97 Å². The third-order valence-electron chi connectivity index (χ3n) is 3.02. The Labute approximate surface area is 93.8 Å². The summed E-state index contributed by atoms with van der Waals surface area (Å²) in [6.07, 6.45) is -0.0677. The highest BCUT2D eigenvalue weighted by Crippen LogP contribution is 2.49. The molecule has 1 aromatic rings. The third-order valence-corrected chi connectivity index (χ3v) is 3.02. The van der Waals surface area contributed by atoms with E-state index in [4.69, 9.17) is 14.6 Å². The number of carboxylic acid groups (broad SMARTS) is 1. The minimum Gasteiger partial charge on any atom is -0.497 e. The molecule has 0 amide bonds. The summed E-state index contributed by atoms with van der Waals surface area (Å²) in [5, 5.41) is 8.93. The lowest BCUT2D eigenvalue weighted by molar-refractivity contribution is -0.138. The average Bonchev–Trinajstić information content (AvgIpc) is 3.05. The predicted octanol–water partition coefficient (Wildman–Crippen LogP) is 1.78. The van der Waals surface area contributed by atoms with E-state index in [0.717, 1.165) is 11.3 Å². The Morgan fingerprint density at radius 2 is 2.12 bits per heavy atom. The molecule has 1 aliphatic heterocycles. The first-order valence-electron chi connectivity index (χ1n) is 5.19. The number of rotatable bonds is 4. The van der Waals surface area contributed by atoms with Crippen LogP contribution in [0.5, 0.6) is 5.75 Å². The molecule has 1 heterocycles. The molecule has 2 rings (SSSR count). The summed E-state index contributed by atoms with van der Waals surface area (Å²) in [7, 11) is 1.60. The number of epoxide rings is 1. The summed E-state index contributed by atoms with van der Waals surface area (Å²) >= 11 is 0. The molecule has 1 aromatic carbocycles. The van der Waals surface area contributed by atoms with E-state index in [1.54, 1.807) is 7.11 Å². The molecule has 4 heteroatoms. The zero-order valence-corrected chi connectivity index (χ0v) is 9.27. The number of carboxylic acids is 1. The van der Waals surface area contributed by atoms with E-state index in [1.807, 2.05) is 31.2 Å². The van der Waals surface area contributed by atoms with Crippen LogP contribution in [0.2, 0.25) is 0 Å². The Kier molecular flexibility index (Phi) is 2.59. The van der Waals surface area contributed by atoms with Crippen LogP contribution in [-0.4, -0.2) is 24.3 Å². The molecule has 2 unspecified atom stereocenters. The molecule has 1 aliphatic rings. The van der Waals surface area contributed by atoms with Gasteiger partial charge in [0.25, 0.3) is 0 Å². The van der Waals surface area contributed by atoms with Crippen molar-refractivity contribution in [1.82, 2.24) is 0 Å². The molecule has 2 atom stereocenters. The fraction of sp³-hybridized carbons (Fsp3) is 0.417. The molecular weight excluding hydrogens is 208 g/mol. The summed E-state index contributed by atoms with van der Waals surface area (Å²) in [4.78, 5) is 10.9. The number of carbonyl (C=O) groups is 1. The van der Waals surface area contributed by atoms with Gasteiger partial charge in [0.15, 0.2) is 6.10 Å². The number of hydrogen-bond acceptors (Lipinski definition) is 3. The number of ether oxygens (including phenoxy) is 2. The van der Waals surface area contributed by atoms with Gasteiger partial charge in [0.1, 0.15) is 11.4 Å². The first-order valence-corrected chi connectivity index (χ1v) is 5.19. The van der Waals surface area contributed by atoms with Crippen molar-refractivity contribution in [3.8, 4) is 5.75 Å². The molecule has 0 spiro atoms. The van der Waals surface area contributed by atoms with Gasteiger partial charge in [-0.15, -0.1) is 0 Å². The monoisotopic (exact) mass is 222 g/mol. The van der Waals surface area contributed by atoms with Gasteiger partial charge < -0.3 is 14.6 Å². The maximum absolute atomic E-state index is 10.9. The SMILES string of the molecule is CCC1(c2ccc(OC)cc2)OC1C(=O)O. The van der Waals surface area contributed by atoms with Crippen LogP contribution in [0, 0.1) is 0 Å². The highest BCUT2D eigenvalue weighted by molar-refractivity contribution is 5.78. The fourth-order valence-corrected chi connectivity index (χ4v) is 1.99. The third kappa shape index (κ3) is 1.55. The number of methoxy groups -OCH3 is 1. The van der Waals surface area contributed by atoms with E-state index in [1.165, 1.54) is 0 Å². The summed E-state index contributed by atoms with van der Waals surface area (Å²) < 4.78 is 10.4. The van der Waals surface area contributed by atoms with Crippen molar-refractivity contribution in [2.75, 3.05) is 7.11 Å². The van der Waals surface area contributed by atoms with E-state index < -0.39 is 17.7 Å². The first kappa shape index (κ1) is 11.0. The molecule has 1 saturated heterocycles. The van der Waals surface area contributed by atoms with Crippen LogP contribution < -0.4 is 4.74 Å². The molecule has 0 aliphatic carbocycles. The summed E-state index contributed by atoms with van der Waals surface area (Å²) in [6, 6.07) is 7.33. The normalized spacial score (nSPS) is 27.5. The lowest BCUT2D eigenvalue weighted by atomic mass is 9.92. The van der Waals surface area contributed by atoms with Crippen LogP contribution in [0.25, 0.3) is 0 Å². The van der Waals surface area contributed by atoms with Crippen molar-refractivity contribution in [3.63, 3.8) is 0 Å². The molecule has 86 valence electrons. The van der Waals surface area contributed by atoms with Crippen molar-refractivity contribution >= 4 is 5.97 Å². The van der Waals surface area contributed by atoms with Gasteiger partial charge in [-0.25, -0.2) is 4.79 Å². The largest absolute Gasteiger partial charge is 0.497 e. The predicted molar refractivity (Wildman–Crippen MR) is 57.5 cm³/mol. The summed E-state index contributed by atoms with van der Waals surface area (Å²) in [6.45, 7) is 1.92. The minimum absolute atomic E-state index is 0.641. The summed E-state index contributed by atoms with van der Waals surface area (Å²) in [5.41, 5.74) is 0.251. The van der Waals surface area contributed by atoms with Gasteiger partial charge in [0, 0.05) is 0 Å². The highest BCUT2D eigenvalue weighted by atomic mass is 16.6. The van der Waals surface area contributed by atoms with Gasteiger partial charge in [-0.3, -0.25) is 0 Å². The first-order chi connectivity index (χ1) is 7.64. The van der Waals surface area contributed by atoms with Crippen molar-refractivity contribution < 1.29 is 19.4 Å². The lowest BCUT2D eigenvalue weighted by Gasteiger charge is -2.10. The number of aliphatic carboxylic acids is 1. The molecular formula is C12H14O4. The second-order valence-corrected chi connectivity index (χ2v) is 3.81. The van der Waals surface area contributed by atoms with Gasteiger partial charge in [-0.05, 0) is 24.1 Å². The van der Waals surface area contributed by atoms with Gasteiger partial charge in [0.05, 0.1) is 7.11 Å². The van der Waals surface area contributed by atoms with Crippen LogP contribution in [0.4, 0.5) is 0 Å². The average molecular weight is 222 g/mol. The van der Waals surface area contributed by atoms with Gasteiger partial charge in [0.2, 0.25) is 0 Å². The quantitative estimate of drug-likeness (QED) is 0.789. The topological polar surface area (TPSA) is 59.1 Å². The Hall–Kier alpha value is -1.55. The molecule has 16 heavy (non-hydrogen) atoms. The van der Waals surface area contributed by atoms with Crippen molar-refractivity contribution in [2.45, 2.75) is 25.0 Å². The molecule has 1 N–H and O–H groups in total. The van der Waals surface area contributed by atoms with Crippen LogP contribution >= 0.6 is 0 Å². The fourth-order valence-electron chi connectivity index (χ4n) is 1.99. The van der Waals surface area contributed by atoms with Crippen molar-refractivity contribution in [3.05, 3.63) is 29.8 Å². The van der Waals surface area contributed by atoms with Gasteiger partial charge in [-0.1, -0.05) is 19.1 Å². The lowest BCUT2D eigenvalue weighted by Crippen LogP contribution is -2.17. The molecule has 0 saturated carbocycles. The van der Waals surface area contributed by atoms with Crippen LogP contribution in [0.1, 0.15) is 18.9 Å². The van der Waals surface area contributed by atoms with Crippen molar-refractivity contribution in [2.24, 2.45) is 0 Å². The Morgan fingerprint density at radius 3 is 2.50 bits per heavy atom. The molecule has 1 fully saturated rings. The Balaban J connectivity index is 2.26. The van der Waals surface area contributed by atoms with Gasteiger partial charge in [-0.2, -0.15) is 0 Å². The van der Waals surface area contributed by atoms with E-state index in [0.29, 0.717) is 6.42 Å². The van der Waals surface area contributed by atoms with E-state index in [2.05, 4.69) is 0 Å². The number of hydrogen-bond donors (Lipinski definition) is 1. The smallest absolute Gasteiger partial charge is 0.336 e.